The van der Waals surface area contributed by atoms with Crippen LogP contribution in [0.25, 0.3) is 0 Å². The van der Waals surface area contributed by atoms with Crippen molar-refractivity contribution in [2.75, 3.05) is 37.6 Å². The number of hydrogen-bond donors (Lipinski definition) is 2. The van der Waals surface area contributed by atoms with Crippen LogP contribution in [0.15, 0.2) is 29.4 Å². The van der Waals surface area contributed by atoms with Gasteiger partial charge in [0.1, 0.15) is 5.84 Å². The number of anilines is 1. The number of halogens is 1. The molecule has 1 fully saturated rings. The second-order valence-electron chi connectivity index (χ2n) is 5.33. The number of oxime groups is 1. The molecule has 1 aromatic carbocycles. The first-order valence-electron chi connectivity index (χ1n) is 7.39. The molecular weight excluding hydrogens is 288 g/mol. The lowest BCUT2D eigenvalue weighted by Crippen LogP contribution is -2.46. The Morgan fingerprint density at radius 3 is 2.57 bits per heavy atom. The summed E-state index contributed by atoms with van der Waals surface area (Å²) in [6.07, 6.45) is 2.69. The number of unbranched alkanes of at least 4 members (excludes halogenated alkanes) is 1. The smallest absolute Gasteiger partial charge is 0.139 e. The molecule has 0 amide bonds. The molecule has 6 heteroatoms. The molecule has 0 radical (unpaired) electrons. The number of rotatable bonds is 6. The fourth-order valence-corrected chi connectivity index (χ4v) is 2.87. The van der Waals surface area contributed by atoms with Crippen LogP contribution in [-0.2, 0) is 0 Å². The number of nitrogens with zero attached hydrogens (tertiary/aromatic N) is 3. The van der Waals surface area contributed by atoms with Crippen LogP contribution in [0.3, 0.4) is 0 Å². The molecular formula is C15H23ClN4O. The summed E-state index contributed by atoms with van der Waals surface area (Å²) < 4.78 is 0. The van der Waals surface area contributed by atoms with Gasteiger partial charge in [-0.25, -0.2) is 0 Å². The Morgan fingerprint density at radius 1 is 1.19 bits per heavy atom. The fourth-order valence-electron chi connectivity index (χ4n) is 2.61. The van der Waals surface area contributed by atoms with Gasteiger partial charge in [-0.1, -0.05) is 28.9 Å². The largest absolute Gasteiger partial charge is 0.409 e. The summed E-state index contributed by atoms with van der Waals surface area (Å²) in [7, 11) is 0. The van der Waals surface area contributed by atoms with Crippen molar-refractivity contribution in [1.82, 2.24) is 4.90 Å². The summed E-state index contributed by atoms with van der Waals surface area (Å²) in [6, 6.07) is 8.01. The van der Waals surface area contributed by atoms with Gasteiger partial charge >= 0.3 is 0 Å². The third-order valence-corrected chi connectivity index (χ3v) is 4.17. The zero-order valence-corrected chi connectivity index (χ0v) is 13.0. The van der Waals surface area contributed by atoms with Crippen LogP contribution < -0.4 is 10.6 Å². The van der Waals surface area contributed by atoms with E-state index in [-0.39, 0.29) is 0 Å². The van der Waals surface area contributed by atoms with Gasteiger partial charge in [0.05, 0.1) is 10.7 Å². The van der Waals surface area contributed by atoms with Gasteiger partial charge in [0, 0.05) is 32.6 Å². The maximum Gasteiger partial charge on any atom is 0.139 e. The fraction of sp³-hybridized carbons (Fsp3) is 0.533. The third-order valence-electron chi connectivity index (χ3n) is 3.85. The van der Waals surface area contributed by atoms with E-state index < -0.39 is 0 Å². The molecule has 0 aliphatic carbocycles. The maximum atomic E-state index is 8.48. The highest BCUT2D eigenvalue weighted by molar-refractivity contribution is 6.33. The second-order valence-corrected chi connectivity index (χ2v) is 5.74. The number of nitrogens with two attached hydrogens (primary N) is 1. The molecule has 1 aliphatic heterocycles. The Bertz CT molecular complexity index is 472. The van der Waals surface area contributed by atoms with Crippen LogP contribution >= 0.6 is 11.6 Å². The van der Waals surface area contributed by atoms with Crippen molar-refractivity contribution in [3.8, 4) is 0 Å². The van der Waals surface area contributed by atoms with E-state index in [1.165, 1.54) is 0 Å². The number of amidine groups is 1. The molecule has 1 saturated heterocycles. The van der Waals surface area contributed by atoms with E-state index in [1.54, 1.807) is 0 Å². The van der Waals surface area contributed by atoms with Crippen molar-refractivity contribution in [2.24, 2.45) is 10.9 Å². The first kappa shape index (κ1) is 15.9. The Balaban J connectivity index is 1.70. The van der Waals surface area contributed by atoms with Crippen molar-refractivity contribution >= 4 is 23.1 Å². The van der Waals surface area contributed by atoms with Crippen LogP contribution in [0.5, 0.6) is 0 Å². The van der Waals surface area contributed by atoms with E-state index in [1.807, 2.05) is 18.2 Å². The average molecular weight is 311 g/mol. The van der Waals surface area contributed by atoms with E-state index in [0.717, 1.165) is 56.3 Å². The standard InChI is InChI=1S/C15H23ClN4O/c16-13-5-1-2-6-14(13)20-11-9-19(10-12-20)8-4-3-7-15(17)18-21/h1-2,5-6,21H,3-4,7-12H2,(H2,17,18). The zero-order valence-electron chi connectivity index (χ0n) is 12.2. The normalized spacial score (nSPS) is 17.2. The minimum atomic E-state index is 0.318. The predicted molar refractivity (Wildman–Crippen MR) is 87.4 cm³/mol. The third kappa shape index (κ3) is 4.79. The van der Waals surface area contributed by atoms with Gasteiger partial charge in [-0.2, -0.15) is 0 Å². The van der Waals surface area contributed by atoms with Crippen molar-refractivity contribution in [3.63, 3.8) is 0 Å². The quantitative estimate of drug-likeness (QED) is 0.278. The Kier molecular flexibility index (Phi) is 6.14. The highest BCUT2D eigenvalue weighted by Gasteiger charge is 2.18. The summed E-state index contributed by atoms with van der Waals surface area (Å²) >= 11 is 6.24. The van der Waals surface area contributed by atoms with Crippen LogP contribution in [0, 0.1) is 0 Å². The van der Waals surface area contributed by atoms with Crippen molar-refractivity contribution in [3.05, 3.63) is 29.3 Å². The second kappa shape index (κ2) is 8.10. The highest BCUT2D eigenvalue weighted by atomic mass is 35.5. The molecule has 0 spiro atoms. The van der Waals surface area contributed by atoms with E-state index >= 15 is 0 Å². The van der Waals surface area contributed by atoms with E-state index in [2.05, 4.69) is 21.0 Å². The number of hydrogen-bond acceptors (Lipinski definition) is 4. The summed E-state index contributed by atoms with van der Waals surface area (Å²) in [4.78, 5) is 4.80. The maximum absolute atomic E-state index is 8.48. The topological polar surface area (TPSA) is 65.1 Å². The van der Waals surface area contributed by atoms with Crippen molar-refractivity contribution < 1.29 is 5.21 Å². The summed E-state index contributed by atoms with van der Waals surface area (Å²) in [5, 5.41) is 12.3. The predicted octanol–water partition coefficient (Wildman–Crippen LogP) is 2.38. The Labute approximate surface area is 131 Å². The molecule has 0 unspecified atom stereocenters. The van der Waals surface area contributed by atoms with Crippen LogP contribution in [0.2, 0.25) is 5.02 Å². The molecule has 5 nitrogen and oxygen atoms in total. The van der Waals surface area contributed by atoms with Gasteiger partial charge in [-0.15, -0.1) is 0 Å². The van der Waals surface area contributed by atoms with Crippen molar-refractivity contribution in [1.29, 1.82) is 0 Å². The molecule has 116 valence electrons. The van der Waals surface area contributed by atoms with E-state index in [4.69, 9.17) is 22.5 Å². The van der Waals surface area contributed by atoms with Gasteiger partial charge in [0.25, 0.3) is 0 Å². The molecule has 1 aliphatic rings. The van der Waals surface area contributed by atoms with Crippen molar-refractivity contribution in [2.45, 2.75) is 19.3 Å². The molecule has 2 rings (SSSR count). The number of piperazine rings is 1. The lowest BCUT2D eigenvalue weighted by Gasteiger charge is -2.36. The molecule has 0 atom stereocenters. The highest BCUT2D eigenvalue weighted by Crippen LogP contribution is 2.25. The minimum absolute atomic E-state index is 0.318. The molecule has 1 heterocycles. The van der Waals surface area contributed by atoms with Crippen LogP contribution in [0.1, 0.15) is 19.3 Å². The van der Waals surface area contributed by atoms with E-state index in [0.29, 0.717) is 12.3 Å². The summed E-state index contributed by atoms with van der Waals surface area (Å²) in [5.74, 6) is 0.318. The van der Waals surface area contributed by atoms with E-state index in [9.17, 15) is 0 Å². The molecule has 1 aromatic rings. The molecule has 21 heavy (non-hydrogen) atoms. The Hall–Kier alpha value is -1.46. The number of para-hydroxylation sites is 1. The lowest BCUT2D eigenvalue weighted by atomic mass is 10.2. The monoisotopic (exact) mass is 310 g/mol. The first-order valence-corrected chi connectivity index (χ1v) is 7.76. The zero-order chi connectivity index (χ0) is 15.1. The summed E-state index contributed by atoms with van der Waals surface area (Å²) in [5.41, 5.74) is 6.59. The van der Waals surface area contributed by atoms with Gasteiger partial charge in [-0.3, -0.25) is 4.90 Å². The molecule has 0 saturated carbocycles. The van der Waals surface area contributed by atoms with Crippen LogP contribution in [0.4, 0.5) is 5.69 Å². The molecule has 3 N–H and O–H groups in total. The van der Waals surface area contributed by atoms with Crippen LogP contribution in [-0.4, -0.2) is 48.7 Å². The SMILES string of the molecule is NC(CCCCN1CCN(c2ccccc2Cl)CC1)=NO. The van der Waals surface area contributed by atoms with Gasteiger partial charge < -0.3 is 15.8 Å². The molecule has 0 aromatic heterocycles. The summed E-state index contributed by atoms with van der Waals surface area (Å²) in [6.45, 7) is 5.17. The van der Waals surface area contributed by atoms with Gasteiger partial charge in [0.15, 0.2) is 0 Å². The average Bonchev–Trinajstić information content (AvgIpc) is 2.52. The van der Waals surface area contributed by atoms with Gasteiger partial charge in [-0.05, 0) is 31.5 Å². The van der Waals surface area contributed by atoms with Gasteiger partial charge in [0.2, 0.25) is 0 Å². The molecule has 0 bridgehead atoms. The number of benzene rings is 1. The first-order chi connectivity index (χ1) is 10.2. The Morgan fingerprint density at radius 2 is 1.90 bits per heavy atom. The minimum Gasteiger partial charge on any atom is -0.409 e. The lowest BCUT2D eigenvalue weighted by molar-refractivity contribution is 0.253.